The van der Waals surface area contributed by atoms with E-state index in [0.29, 0.717) is 0 Å². The highest BCUT2D eigenvalue weighted by atomic mass is 16.7. The minimum absolute atomic E-state index is 0.0619. The summed E-state index contributed by atoms with van der Waals surface area (Å²) in [6, 6.07) is 7.51. The number of phenols is 3. The van der Waals surface area contributed by atoms with Crippen LogP contribution in [-0.2, 0) is 4.74 Å². The van der Waals surface area contributed by atoms with Crippen LogP contribution < -0.4 is 10.2 Å². The molecule has 0 aliphatic carbocycles. The summed E-state index contributed by atoms with van der Waals surface area (Å²) in [6.07, 6.45) is -7.87. The van der Waals surface area contributed by atoms with Gasteiger partial charge >= 0.3 is 0 Å². The van der Waals surface area contributed by atoms with Gasteiger partial charge < -0.3 is 49.6 Å². The molecule has 1 saturated heterocycles. The summed E-state index contributed by atoms with van der Waals surface area (Å²) in [7, 11) is 0. The summed E-state index contributed by atoms with van der Waals surface area (Å²) in [6.45, 7) is -0.755. The van der Waals surface area contributed by atoms with Gasteiger partial charge in [-0.05, 0) is 24.3 Å². The van der Waals surface area contributed by atoms with Crippen molar-refractivity contribution < 1.29 is 49.6 Å². The zero-order chi connectivity index (χ0) is 23.2. The molecule has 11 heteroatoms. The first-order chi connectivity index (χ1) is 15.2. The first-order valence-corrected chi connectivity index (χ1v) is 9.50. The maximum Gasteiger partial charge on any atom is 0.239 e. The van der Waals surface area contributed by atoms with Gasteiger partial charge in [0.1, 0.15) is 52.6 Å². The van der Waals surface area contributed by atoms with Gasteiger partial charge in [-0.3, -0.25) is 4.79 Å². The highest BCUT2D eigenvalue weighted by Gasteiger charge is 2.47. The van der Waals surface area contributed by atoms with Gasteiger partial charge in [-0.25, -0.2) is 0 Å². The number of aromatic hydroxyl groups is 3. The third-order valence-electron chi connectivity index (χ3n) is 5.10. The van der Waals surface area contributed by atoms with Crippen LogP contribution in [0.1, 0.15) is 0 Å². The van der Waals surface area contributed by atoms with Crippen molar-refractivity contribution in [3.05, 3.63) is 46.6 Å². The van der Waals surface area contributed by atoms with Gasteiger partial charge in [-0.15, -0.1) is 0 Å². The molecule has 0 unspecified atom stereocenters. The van der Waals surface area contributed by atoms with Crippen molar-refractivity contribution in [1.82, 2.24) is 0 Å². The van der Waals surface area contributed by atoms with Crippen LogP contribution in [-0.4, -0.2) is 73.1 Å². The average Bonchev–Trinajstić information content (AvgIpc) is 3.03. The van der Waals surface area contributed by atoms with Crippen LogP contribution in [0.15, 0.2) is 45.6 Å². The minimum Gasteiger partial charge on any atom is -0.508 e. The number of hydrogen-bond acceptors (Lipinski definition) is 11. The summed E-state index contributed by atoms with van der Waals surface area (Å²) < 4.78 is 16.6. The summed E-state index contributed by atoms with van der Waals surface area (Å²) in [4.78, 5) is 13.2. The fourth-order valence-corrected chi connectivity index (χ4v) is 3.49. The highest BCUT2D eigenvalue weighted by Crippen LogP contribution is 2.37. The summed E-state index contributed by atoms with van der Waals surface area (Å²) >= 11 is 0. The van der Waals surface area contributed by atoms with Crippen LogP contribution in [0.3, 0.4) is 0 Å². The Morgan fingerprint density at radius 3 is 2.34 bits per heavy atom. The number of aliphatic hydroxyl groups excluding tert-OH is 4. The largest absolute Gasteiger partial charge is 0.508 e. The zero-order valence-electron chi connectivity index (χ0n) is 16.3. The van der Waals surface area contributed by atoms with Crippen molar-refractivity contribution in [2.24, 2.45) is 0 Å². The Bertz CT molecular complexity index is 1190. The third kappa shape index (κ3) is 3.72. The van der Waals surface area contributed by atoms with Gasteiger partial charge in [0.15, 0.2) is 5.76 Å². The molecule has 1 aliphatic heterocycles. The Hall–Kier alpha value is -3.35. The van der Waals surface area contributed by atoms with Crippen LogP contribution in [0, 0.1) is 0 Å². The van der Waals surface area contributed by atoms with E-state index in [1.165, 1.54) is 24.3 Å². The molecular formula is C21H20O11. The second-order valence-corrected chi connectivity index (χ2v) is 7.29. The number of rotatable bonds is 5. The number of hydrogen-bond donors (Lipinski definition) is 7. The second-order valence-electron chi connectivity index (χ2n) is 7.29. The highest BCUT2D eigenvalue weighted by molar-refractivity contribution is 5.88. The minimum atomic E-state index is -1.70. The van der Waals surface area contributed by atoms with Crippen LogP contribution in [0.2, 0.25) is 0 Å². The second kappa shape index (κ2) is 8.30. The summed E-state index contributed by atoms with van der Waals surface area (Å²) in [5.41, 5.74) is -0.771. The van der Waals surface area contributed by atoms with Crippen LogP contribution in [0.5, 0.6) is 23.0 Å². The molecule has 0 saturated carbocycles. The molecular weight excluding hydrogens is 428 g/mol. The lowest BCUT2D eigenvalue weighted by atomic mass is 10.1. The molecule has 4 rings (SSSR count). The van der Waals surface area contributed by atoms with Gasteiger partial charge in [0, 0.05) is 17.7 Å². The van der Waals surface area contributed by atoms with E-state index >= 15 is 0 Å². The maximum atomic E-state index is 13.2. The fourth-order valence-electron chi connectivity index (χ4n) is 3.49. The van der Waals surface area contributed by atoms with Gasteiger partial charge in [0.25, 0.3) is 0 Å². The molecule has 32 heavy (non-hydrogen) atoms. The molecule has 1 aliphatic rings. The predicted molar refractivity (Wildman–Crippen MR) is 107 cm³/mol. The summed E-state index contributed by atoms with van der Waals surface area (Å²) in [5.74, 6) is -1.68. The standard InChI is InChI=1S/C21H20O11/c22-7-12(26)19-16(28)17(29)21(31-19)32-20-15(27)14-11(25)5-10(24)6-13(14)30-18(20)8-1-3-9(23)4-2-8/h1-6,12,16-17,19,21-26,28-29H,7H2/t12-,16-,17-,19-,21+/m1/s1. The average molecular weight is 448 g/mol. The van der Waals surface area contributed by atoms with Gasteiger partial charge in [0.05, 0.1) is 6.61 Å². The van der Waals surface area contributed by atoms with Gasteiger partial charge in [0.2, 0.25) is 17.5 Å². The molecule has 2 heterocycles. The van der Waals surface area contributed by atoms with E-state index in [1.807, 2.05) is 0 Å². The van der Waals surface area contributed by atoms with Gasteiger partial charge in [-0.1, -0.05) is 0 Å². The normalized spacial score (nSPS) is 24.0. The van der Waals surface area contributed by atoms with Crippen LogP contribution in [0.25, 0.3) is 22.3 Å². The van der Waals surface area contributed by atoms with Crippen LogP contribution >= 0.6 is 0 Å². The Labute approximate surface area is 179 Å². The van der Waals surface area contributed by atoms with Crippen LogP contribution in [0.4, 0.5) is 0 Å². The van der Waals surface area contributed by atoms with Crippen molar-refractivity contribution in [2.45, 2.75) is 30.7 Å². The van der Waals surface area contributed by atoms with Gasteiger partial charge in [-0.2, -0.15) is 0 Å². The van der Waals surface area contributed by atoms with E-state index in [4.69, 9.17) is 19.0 Å². The van der Waals surface area contributed by atoms with E-state index < -0.39 is 54.2 Å². The fraction of sp³-hybridized carbons (Fsp3) is 0.286. The lowest BCUT2D eigenvalue weighted by Crippen LogP contribution is -2.40. The quantitative estimate of drug-likeness (QED) is 0.272. The van der Waals surface area contributed by atoms with Crippen molar-refractivity contribution in [2.75, 3.05) is 6.61 Å². The van der Waals surface area contributed by atoms with Crippen molar-refractivity contribution in [3.63, 3.8) is 0 Å². The molecule has 11 nitrogen and oxygen atoms in total. The summed E-state index contributed by atoms with van der Waals surface area (Å²) in [5, 5.41) is 68.5. The molecule has 1 aromatic heterocycles. The van der Waals surface area contributed by atoms with E-state index in [2.05, 4.69) is 0 Å². The monoisotopic (exact) mass is 448 g/mol. The molecule has 7 N–H and O–H groups in total. The van der Waals surface area contributed by atoms with Crippen molar-refractivity contribution in [3.8, 4) is 34.3 Å². The molecule has 2 aromatic carbocycles. The molecule has 0 bridgehead atoms. The number of benzene rings is 2. The molecule has 0 radical (unpaired) electrons. The Morgan fingerprint density at radius 2 is 1.69 bits per heavy atom. The first kappa shape index (κ1) is 21.9. The topological polar surface area (TPSA) is 190 Å². The molecule has 0 amide bonds. The third-order valence-corrected chi connectivity index (χ3v) is 5.10. The molecule has 0 spiro atoms. The molecule has 170 valence electrons. The SMILES string of the molecule is O=c1c(O[C@@H]2O[C@H]([C@H](O)CO)[C@H](O)[C@H]2O)c(-c2ccc(O)cc2)oc2cc(O)cc(O)c12. The van der Waals surface area contributed by atoms with E-state index in [0.717, 1.165) is 12.1 Å². The van der Waals surface area contributed by atoms with Crippen molar-refractivity contribution in [1.29, 1.82) is 0 Å². The number of phenolic OH excluding ortho intramolecular Hbond substituents is 3. The molecule has 5 atom stereocenters. The lowest BCUT2D eigenvalue weighted by molar-refractivity contribution is -0.137. The number of fused-ring (bicyclic) bond motifs is 1. The smallest absolute Gasteiger partial charge is 0.239 e. The Balaban J connectivity index is 1.86. The zero-order valence-corrected chi connectivity index (χ0v) is 16.3. The Morgan fingerprint density at radius 1 is 1.00 bits per heavy atom. The first-order valence-electron chi connectivity index (χ1n) is 9.50. The molecule has 3 aromatic rings. The van der Waals surface area contributed by atoms with E-state index in [1.54, 1.807) is 0 Å². The predicted octanol–water partition coefficient (Wildman–Crippen LogP) is -0.244. The van der Waals surface area contributed by atoms with E-state index in [-0.39, 0.29) is 33.8 Å². The number of aliphatic hydroxyl groups is 4. The lowest BCUT2D eigenvalue weighted by Gasteiger charge is -2.19. The maximum absolute atomic E-state index is 13.2. The van der Waals surface area contributed by atoms with Crippen molar-refractivity contribution >= 4 is 11.0 Å². The molecule has 1 fully saturated rings. The van der Waals surface area contributed by atoms with E-state index in [9.17, 15) is 35.4 Å². The number of ether oxygens (including phenoxy) is 2. The Kier molecular flexibility index (Phi) is 5.67.